The summed E-state index contributed by atoms with van der Waals surface area (Å²) in [7, 11) is 1.92. The summed E-state index contributed by atoms with van der Waals surface area (Å²) in [6, 6.07) is 0. The number of nitrogens with zero attached hydrogens (tertiary/aromatic N) is 2. The molecular weight excluding hydrogens is 180 g/mol. The van der Waals surface area contributed by atoms with Crippen molar-refractivity contribution in [3.05, 3.63) is 17.5 Å². The number of aromatic nitrogens is 2. The number of hydrogen-bond donors (Lipinski definition) is 1. The Labute approximate surface area is 83.5 Å². The summed E-state index contributed by atoms with van der Waals surface area (Å²) in [5, 5.41) is 13.4. The van der Waals surface area contributed by atoms with Crippen molar-refractivity contribution in [1.82, 2.24) is 9.78 Å². The number of aryl methyl sites for hydroxylation is 1. The van der Waals surface area contributed by atoms with Crippen molar-refractivity contribution in [3.8, 4) is 0 Å². The molecule has 4 nitrogen and oxygen atoms in total. The maximum atomic E-state index is 9.19. The highest BCUT2D eigenvalue weighted by atomic mass is 16.5. The fourth-order valence-electron chi connectivity index (χ4n) is 1.96. The SMILES string of the molecule is Cc1c(C2OCCC2CO)cnn1C. The van der Waals surface area contributed by atoms with E-state index in [1.807, 2.05) is 24.9 Å². The first-order valence-corrected chi connectivity index (χ1v) is 4.95. The summed E-state index contributed by atoms with van der Waals surface area (Å²) in [4.78, 5) is 0. The smallest absolute Gasteiger partial charge is 0.0908 e. The molecule has 4 heteroatoms. The second-order valence-electron chi connectivity index (χ2n) is 3.83. The van der Waals surface area contributed by atoms with Crippen LogP contribution in [0.2, 0.25) is 0 Å². The molecular formula is C10H16N2O2. The highest BCUT2D eigenvalue weighted by Gasteiger charge is 2.31. The molecule has 1 N–H and O–H groups in total. The van der Waals surface area contributed by atoms with Crippen LogP contribution in [-0.4, -0.2) is 28.1 Å². The van der Waals surface area contributed by atoms with Gasteiger partial charge in [-0.2, -0.15) is 5.10 Å². The van der Waals surface area contributed by atoms with Gasteiger partial charge in [0.25, 0.3) is 0 Å². The Morgan fingerprint density at radius 3 is 3.07 bits per heavy atom. The minimum absolute atomic E-state index is 0.0358. The lowest BCUT2D eigenvalue weighted by atomic mass is 9.97. The van der Waals surface area contributed by atoms with Gasteiger partial charge < -0.3 is 9.84 Å². The molecule has 0 saturated carbocycles. The first kappa shape index (κ1) is 9.68. The molecule has 1 saturated heterocycles. The number of ether oxygens (including phenoxy) is 1. The normalized spacial score (nSPS) is 27.1. The zero-order valence-electron chi connectivity index (χ0n) is 8.60. The van der Waals surface area contributed by atoms with E-state index in [-0.39, 0.29) is 18.6 Å². The van der Waals surface area contributed by atoms with Gasteiger partial charge in [-0.25, -0.2) is 0 Å². The van der Waals surface area contributed by atoms with E-state index in [9.17, 15) is 5.11 Å². The molecule has 1 aliphatic heterocycles. The van der Waals surface area contributed by atoms with Crippen LogP contribution in [0.5, 0.6) is 0 Å². The van der Waals surface area contributed by atoms with Crippen LogP contribution in [0.25, 0.3) is 0 Å². The van der Waals surface area contributed by atoms with Crippen molar-refractivity contribution in [2.24, 2.45) is 13.0 Å². The topological polar surface area (TPSA) is 47.3 Å². The van der Waals surface area contributed by atoms with E-state index >= 15 is 0 Å². The van der Waals surface area contributed by atoms with E-state index in [0.717, 1.165) is 24.3 Å². The number of rotatable bonds is 2. The maximum Gasteiger partial charge on any atom is 0.0908 e. The molecule has 2 heterocycles. The van der Waals surface area contributed by atoms with E-state index in [2.05, 4.69) is 5.10 Å². The van der Waals surface area contributed by atoms with Crippen LogP contribution < -0.4 is 0 Å². The van der Waals surface area contributed by atoms with Gasteiger partial charge in [-0.3, -0.25) is 4.68 Å². The van der Waals surface area contributed by atoms with Gasteiger partial charge in [-0.1, -0.05) is 0 Å². The van der Waals surface area contributed by atoms with Crippen molar-refractivity contribution in [2.45, 2.75) is 19.4 Å². The van der Waals surface area contributed by atoms with Crippen molar-refractivity contribution in [3.63, 3.8) is 0 Å². The van der Waals surface area contributed by atoms with E-state index in [1.165, 1.54) is 0 Å². The molecule has 0 bridgehead atoms. The van der Waals surface area contributed by atoms with Crippen LogP contribution in [0.3, 0.4) is 0 Å². The van der Waals surface area contributed by atoms with Crippen molar-refractivity contribution in [1.29, 1.82) is 0 Å². The third-order valence-electron chi connectivity index (χ3n) is 3.03. The van der Waals surface area contributed by atoms with Crippen LogP contribution in [0.1, 0.15) is 23.8 Å². The Bertz CT molecular complexity index is 322. The minimum Gasteiger partial charge on any atom is -0.396 e. The lowest BCUT2D eigenvalue weighted by Crippen LogP contribution is -2.12. The molecule has 1 aromatic rings. The lowest BCUT2D eigenvalue weighted by Gasteiger charge is -2.15. The van der Waals surface area contributed by atoms with E-state index in [4.69, 9.17) is 4.74 Å². The molecule has 2 unspecified atom stereocenters. The zero-order valence-corrected chi connectivity index (χ0v) is 8.60. The molecule has 1 aromatic heterocycles. The van der Waals surface area contributed by atoms with Gasteiger partial charge in [0.1, 0.15) is 0 Å². The van der Waals surface area contributed by atoms with Gasteiger partial charge in [0.15, 0.2) is 0 Å². The van der Waals surface area contributed by atoms with Gasteiger partial charge in [0.2, 0.25) is 0 Å². The zero-order chi connectivity index (χ0) is 10.1. The maximum absolute atomic E-state index is 9.19. The summed E-state index contributed by atoms with van der Waals surface area (Å²) < 4.78 is 7.46. The summed E-state index contributed by atoms with van der Waals surface area (Å²) in [5.41, 5.74) is 2.24. The van der Waals surface area contributed by atoms with Gasteiger partial charge in [0.05, 0.1) is 12.3 Å². The van der Waals surface area contributed by atoms with Crippen LogP contribution in [0.15, 0.2) is 6.20 Å². The summed E-state index contributed by atoms with van der Waals surface area (Å²) in [5.74, 6) is 0.234. The van der Waals surface area contributed by atoms with E-state index < -0.39 is 0 Å². The third-order valence-corrected chi connectivity index (χ3v) is 3.03. The Morgan fingerprint density at radius 2 is 2.50 bits per heavy atom. The number of hydrogen-bond acceptors (Lipinski definition) is 3. The molecule has 0 radical (unpaired) electrons. The average molecular weight is 196 g/mol. The number of aliphatic hydroxyl groups excluding tert-OH is 1. The Morgan fingerprint density at radius 1 is 1.71 bits per heavy atom. The fourth-order valence-corrected chi connectivity index (χ4v) is 1.96. The van der Waals surface area contributed by atoms with Crippen molar-refractivity contribution < 1.29 is 9.84 Å². The second kappa shape index (κ2) is 3.71. The molecule has 1 aliphatic rings. The molecule has 0 aliphatic carbocycles. The van der Waals surface area contributed by atoms with Gasteiger partial charge in [-0.05, 0) is 13.3 Å². The quantitative estimate of drug-likeness (QED) is 0.761. The Kier molecular flexibility index (Phi) is 2.56. The van der Waals surface area contributed by atoms with Gasteiger partial charge in [0, 0.05) is 37.4 Å². The van der Waals surface area contributed by atoms with E-state index in [0.29, 0.717) is 0 Å². The first-order valence-electron chi connectivity index (χ1n) is 4.95. The summed E-state index contributed by atoms with van der Waals surface area (Å²) in [6.07, 6.45) is 2.82. The predicted octanol–water partition coefficient (Wildman–Crippen LogP) is 0.798. The van der Waals surface area contributed by atoms with Gasteiger partial charge >= 0.3 is 0 Å². The minimum atomic E-state index is 0.0358. The largest absolute Gasteiger partial charge is 0.396 e. The molecule has 0 amide bonds. The average Bonchev–Trinajstić information content (AvgIpc) is 2.75. The molecule has 1 fully saturated rings. The molecule has 14 heavy (non-hydrogen) atoms. The highest BCUT2D eigenvalue weighted by Crippen LogP contribution is 2.35. The third kappa shape index (κ3) is 1.44. The van der Waals surface area contributed by atoms with Crippen LogP contribution >= 0.6 is 0 Å². The van der Waals surface area contributed by atoms with Crippen LogP contribution in [0, 0.1) is 12.8 Å². The van der Waals surface area contributed by atoms with Crippen molar-refractivity contribution >= 4 is 0 Å². The molecule has 2 atom stereocenters. The summed E-state index contributed by atoms with van der Waals surface area (Å²) in [6.45, 7) is 2.96. The molecule has 0 spiro atoms. The van der Waals surface area contributed by atoms with Crippen molar-refractivity contribution in [2.75, 3.05) is 13.2 Å². The Hall–Kier alpha value is -0.870. The number of aliphatic hydroxyl groups is 1. The molecule has 2 rings (SSSR count). The Balaban J connectivity index is 2.26. The highest BCUT2D eigenvalue weighted by molar-refractivity contribution is 5.20. The fraction of sp³-hybridized carbons (Fsp3) is 0.700. The van der Waals surface area contributed by atoms with Crippen LogP contribution in [-0.2, 0) is 11.8 Å². The lowest BCUT2D eigenvalue weighted by molar-refractivity contribution is 0.0715. The standard InChI is InChI=1S/C10H16N2O2/c1-7-9(5-11-12(7)2)10-8(6-13)3-4-14-10/h5,8,10,13H,3-4,6H2,1-2H3. The molecule has 78 valence electrons. The predicted molar refractivity (Wildman–Crippen MR) is 51.8 cm³/mol. The second-order valence-corrected chi connectivity index (χ2v) is 3.83. The first-order chi connectivity index (χ1) is 6.74. The monoisotopic (exact) mass is 196 g/mol. The van der Waals surface area contributed by atoms with Gasteiger partial charge in [-0.15, -0.1) is 0 Å². The molecule has 0 aromatic carbocycles. The summed E-state index contributed by atoms with van der Waals surface area (Å²) >= 11 is 0. The van der Waals surface area contributed by atoms with Crippen LogP contribution in [0.4, 0.5) is 0 Å². The van der Waals surface area contributed by atoms with E-state index in [1.54, 1.807) is 0 Å².